The Kier molecular flexibility index (Phi) is 33.4. The van der Waals surface area contributed by atoms with E-state index < -0.39 is 29.4 Å². The summed E-state index contributed by atoms with van der Waals surface area (Å²) in [6.07, 6.45) is 27.7. The Morgan fingerprint density at radius 2 is 1.12 bits per heavy atom. The monoisotopic (exact) mass is 823 g/mol. The first-order valence-electron chi connectivity index (χ1n) is 22.8. The van der Waals surface area contributed by atoms with E-state index in [-0.39, 0.29) is 44.2 Å². The van der Waals surface area contributed by atoms with Crippen molar-refractivity contribution in [3.8, 4) is 0 Å². The number of nitrogens with zero attached hydrogens (tertiary/aromatic N) is 2. The van der Waals surface area contributed by atoms with Crippen LogP contribution in [-0.2, 0) is 40.0 Å². The number of imidazole rings is 1. The molecule has 12 heteroatoms. The van der Waals surface area contributed by atoms with Crippen LogP contribution in [0.2, 0.25) is 0 Å². The molecule has 0 radical (unpaired) electrons. The number of aliphatic carboxylic acids is 3. The van der Waals surface area contributed by atoms with Crippen LogP contribution in [0.1, 0.15) is 208 Å². The van der Waals surface area contributed by atoms with Gasteiger partial charge in [-0.15, -0.1) is 0 Å². The van der Waals surface area contributed by atoms with Crippen molar-refractivity contribution >= 4 is 29.8 Å². The van der Waals surface area contributed by atoms with Crippen molar-refractivity contribution in [2.24, 2.45) is 17.3 Å². The number of rotatable bonds is 37. The maximum atomic E-state index is 13.4. The molecule has 0 spiro atoms. The molecule has 3 atom stereocenters. The molecule has 1 aromatic heterocycles. The van der Waals surface area contributed by atoms with E-state index in [1.54, 1.807) is 19.4 Å². The van der Waals surface area contributed by atoms with Gasteiger partial charge in [-0.1, -0.05) is 130 Å². The lowest BCUT2D eigenvalue weighted by Gasteiger charge is -2.37. The zero-order chi connectivity index (χ0) is 43.4. The van der Waals surface area contributed by atoms with E-state index in [4.69, 9.17) is 19.7 Å². The second-order valence-electron chi connectivity index (χ2n) is 16.4. The molecular weight excluding hydrogens is 741 g/mol. The zero-order valence-electron chi connectivity index (χ0n) is 37.1. The second kappa shape index (κ2) is 35.5. The van der Waals surface area contributed by atoms with Gasteiger partial charge < -0.3 is 29.4 Å². The lowest BCUT2D eigenvalue weighted by atomic mass is 9.67. The molecule has 1 heterocycles. The van der Waals surface area contributed by atoms with Crippen molar-refractivity contribution in [2.75, 3.05) is 6.61 Å². The van der Waals surface area contributed by atoms with Crippen LogP contribution in [0.5, 0.6) is 0 Å². The second-order valence-corrected chi connectivity index (χ2v) is 16.4. The third-order valence-corrected chi connectivity index (χ3v) is 10.9. The first kappa shape index (κ1) is 54.6. The molecule has 0 aliphatic carbocycles. The average molecular weight is 823 g/mol. The molecule has 0 saturated carbocycles. The summed E-state index contributed by atoms with van der Waals surface area (Å²) >= 11 is 0. The van der Waals surface area contributed by atoms with Crippen molar-refractivity contribution in [1.29, 1.82) is 0 Å². The van der Waals surface area contributed by atoms with Crippen LogP contribution < -0.4 is 0 Å². The van der Waals surface area contributed by atoms with E-state index in [1.807, 2.05) is 10.8 Å². The fourth-order valence-corrected chi connectivity index (χ4v) is 7.62. The fourth-order valence-electron chi connectivity index (χ4n) is 7.62. The number of carboxylic acid groups (broad SMARTS) is 3. The molecule has 3 N–H and O–H groups in total. The summed E-state index contributed by atoms with van der Waals surface area (Å²) < 4.78 is 12.8. The molecule has 58 heavy (non-hydrogen) atoms. The van der Waals surface area contributed by atoms with Gasteiger partial charge in [0.1, 0.15) is 12.7 Å². The van der Waals surface area contributed by atoms with Gasteiger partial charge in [0.25, 0.3) is 0 Å². The van der Waals surface area contributed by atoms with Gasteiger partial charge in [0.05, 0.1) is 11.7 Å². The van der Waals surface area contributed by atoms with Gasteiger partial charge in [0, 0.05) is 44.6 Å². The number of hydrogen-bond acceptors (Lipinski definition) is 8. The molecule has 0 aliphatic heterocycles. The Balaban J connectivity index is 0.00000284. The van der Waals surface area contributed by atoms with Crippen LogP contribution in [0.15, 0.2) is 18.7 Å². The van der Waals surface area contributed by atoms with Gasteiger partial charge in [-0.25, -0.2) is 4.98 Å². The highest BCUT2D eigenvalue weighted by Crippen LogP contribution is 2.44. The number of unbranched alkanes of at least 4 members (excludes halogenated alkanes) is 9. The van der Waals surface area contributed by atoms with Crippen molar-refractivity contribution in [3.05, 3.63) is 18.7 Å². The summed E-state index contributed by atoms with van der Waals surface area (Å²) in [7, 11) is 0. The summed E-state index contributed by atoms with van der Waals surface area (Å²) in [6, 6.07) is 0. The highest BCUT2D eigenvalue weighted by atomic mass is 16.6. The first-order valence-corrected chi connectivity index (χ1v) is 22.8. The molecule has 0 saturated heterocycles. The number of hydrogen-bond donors (Lipinski definition) is 3. The van der Waals surface area contributed by atoms with Crippen LogP contribution in [-0.4, -0.2) is 67.4 Å². The van der Waals surface area contributed by atoms with Crippen molar-refractivity contribution in [2.45, 2.75) is 221 Å². The molecule has 12 nitrogen and oxygen atoms in total. The smallest absolute Gasteiger partial charge is 0.309 e. The third kappa shape index (κ3) is 29.7. The number of carboxylic acids is 3. The predicted octanol–water partition coefficient (Wildman–Crippen LogP) is 11.4. The van der Waals surface area contributed by atoms with Gasteiger partial charge in [-0.2, -0.15) is 0 Å². The molecule has 0 amide bonds. The highest BCUT2D eigenvalue weighted by molar-refractivity contribution is 5.75. The first-order chi connectivity index (χ1) is 27.8. The molecule has 0 fully saturated rings. The lowest BCUT2D eigenvalue weighted by Crippen LogP contribution is -2.36. The van der Waals surface area contributed by atoms with Crippen molar-refractivity contribution < 1.29 is 48.8 Å². The lowest BCUT2D eigenvalue weighted by molar-refractivity contribution is -0.158. The molecule has 0 bridgehead atoms. The predicted molar refractivity (Wildman–Crippen MR) is 228 cm³/mol. The third-order valence-electron chi connectivity index (χ3n) is 10.9. The van der Waals surface area contributed by atoms with Crippen molar-refractivity contribution in [1.82, 2.24) is 9.55 Å². The highest BCUT2D eigenvalue weighted by Gasteiger charge is 2.41. The zero-order valence-corrected chi connectivity index (χ0v) is 37.1. The van der Waals surface area contributed by atoms with Gasteiger partial charge >= 0.3 is 29.8 Å². The number of esters is 2. The normalized spacial score (nSPS) is 13.7. The van der Waals surface area contributed by atoms with Gasteiger partial charge in [0.2, 0.25) is 0 Å². The van der Waals surface area contributed by atoms with Crippen LogP contribution in [0.3, 0.4) is 0 Å². The molecule has 1 rings (SSSR count). The SMILES string of the molecule is CCCCCCC(CCCC)CC(CCCC(=O)OCC(C)OC(=O)CCCn1ccnc1)(CC(CCCC)CCCCCC)C(=O)O.O=C(O)CCCCC(=O)O. The molecular formula is C46H82N2O10. The Hall–Kier alpha value is -3.44. The number of ether oxygens (including phenoxy) is 2. The fraction of sp³-hybridized carbons (Fsp3) is 0.826. The summed E-state index contributed by atoms with van der Waals surface area (Å²) in [5, 5.41) is 27.2. The maximum absolute atomic E-state index is 13.4. The summed E-state index contributed by atoms with van der Waals surface area (Å²) in [6.45, 7) is 11.3. The quantitative estimate of drug-likeness (QED) is 0.0429. The van der Waals surface area contributed by atoms with E-state index in [2.05, 4.69) is 32.7 Å². The van der Waals surface area contributed by atoms with Crippen LogP contribution >= 0.6 is 0 Å². The van der Waals surface area contributed by atoms with E-state index in [0.29, 0.717) is 63.3 Å². The minimum absolute atomic E-state index is 0.00384. The topological polar surface area (TPSA) is 182 Å². The van der Waals surface area contributed by atoms with E-state index in [1.165, 1.54) is 38.5 Å². The van der Waals surface area contributed by atoms with Gasteiger partial charge in [-0.3, -0.25) is 24.0 Å². The van der Waals surface area contributed by atoms with Crippen LogP contribution in [0.25, 0.3) is 0 Å². The molecule has 3 unspecified atom stereocenters. The molecule has 336 valence electrons. The summed E-state index contributed by atoms with van der Waals surface area (Å²) in [5.41, 5.74) is -0.827. The maximum Gasteiger partial charge on any atom is 0.309 e. The van der Waals surface area contributed by atoms with Crippen LogP contribution in [0, 0.1) is 17.3 Å². The molecule has 1 aromatic rings. The van der Waals surface area contributed by atoms with Gasteiger partial charge in [0.15, 0.2) is 0 Å². The average Bonchev–Trinajstić information content (AvgIpc) is 3.70. The number of aryl methyl sites for hydroxylation is 1. The van der Waals surface area contributed by atoms with Crippen molar-refractivity contribution in [3.63, 3.8) is 0 Å². The van der Waals surface area contributed by atoms with E-state index in [9.17, 15) is 29.1 Å². The largest absolute Gasteiger partial charge is 0.481 e. The Morgan fingerprint density at radius 1 is 0.621 bits per heavy atom. The summed E-state index contributed by atoms with van der Waals surface area (Å²) in [5.74, 6) is -2.31. The number of carbonyl (C=O) groups is 5. The minimum Gasteiger partial charge on any atom is -0.481 e. The Bertz CT molecular complexity index is 1160. The Morgan fingerprint density at radius 3 is 1.57 bits per heavy atom. The Labute approximate surface area is 350 Å². The standard InChI is InChI=1S/C40H72N2O6.C6H10O4/c1-6-10-14-16-22-35(20-12-8-3)30-40(39(45)46,31-36(21-13-9-4)23-17-15-11-7-2)26-18-24-37(43)47-32-34(5)48-38(44)25-19-28-42-29-27-41-33-42;7-5(8)3-1-2-4-6(9)10/h27,29,33-36H,6-26,28,30-32H2,1-5H3,(H,45,46);1-4H2,(H,7,8)(H,9,10). The molecule has 0 aliphatic rings. The van der Waals surface area contributed by atoms with Gasteiger partial charge in [-0.05, 0) is 63.7 Å². The van der Waals surface area contributed by atoms with E-state index in [0.717, 1.165) is 64.2 Å². The van der Waals surface area contributed by atoms with E-state index >= 15 is 0 Å². The minimum atomic E-state index is -0.870. The summed E-state index contributed by atoms with van der Waals surface area (Å²) in [4.78, 5) is 62.2. The molecule has 0 aromatic carbocycles. The van der Waals surface area contributed by atoms with Crippen LogP contribution in [0.4, 0.5) is 0 Å². The number of carbonyl (C=O) groups excluding carboxylic acids is 2. The number of aromatic nitrogens is 2.